The summed E-state index contributed by atoms with van der Waals surface area (Å²) in [5, 5.41) is 11.7. The summed E-state index contributed by atoms with van der Waals surface area (Å²) in [5.41, 5.74) is 0.103. The van der Waals surface area contributed by atoms with E-state index in [0.717, 1.165) is 21.2 Å². The fourth-order valence-corrected chi connectivity index (χ4v) is 7.64. The number of likely N-dealkylation sites (tertiary alicyclic amines) is 1. The zero-order valence-electron chi connectivity index (χ0n) is 23.7. The zero-order chi connectivity index (χ0) is 30.1. The van der Waals surface area contributed by atoms with Crippen molar-refractivity contribution in [3.05, 3.63) is 93.7 Å². The maximum absolute atomic E-state index is 13.5. The molecule has 5 rings (SSSR count). The third kappa shape index (κ3) is 6.57. The molecule has 3 aromatic carbocycles. The van der Waals surface area contributed by atoms with Gasteiger partial charge in [0.2, 0.25) is 4.80 Å². The third-order valence-electron chi connectivity index (χ3n) is 7.10. The van der Waals surface area contributed by atoms with Gasteiger partial charge in [0.25, 0.3) is 10.0 Å². The number of carbonyl (C=O) groups is 2. The number of aromatic nitrogens is 1. The molecule has 1 amide bonds. The van der Waals surface area contributed by atoms with Crippen molar-refractivity contribution in [3.8, 4) is 0 Å². The highest BCUT2D eigenvalue weighted by Gasteiger charge is 2.29. The number of amides is 1. The van der Waals surface area contributed by atoms with Crippen LogP contribution in [0.5, 0.6) is 0 Å². The van der Waals surface area contributed by atoms with Crippen LogP contribution in [0.4, 0.5) is 4.79 Å². The standard InChI is InChI=1S/C31H33N3O6S2/c1-31(2,3)40-30(37)33-17-15-22(16-18-33)26-20-34(19-23-11-8-10-21-9-4-5-12-24(21)23)29(41-26)32-42(38,39)27-14-7-6-13-25(27)28(35)36/h4-14,20,22H,15-19H2,1-3H3,(H,35,36). The second kappa shape index (κ2) is 11.7. The number of hydrogen-bond donors (Lipinski definition) is 1. The van der Waals surface area contributed by atoms with Crippen molar-refractivity contribution in [3.63, 3.8) is 0 Å². The predicted octanol–water partition coefficient (Wildman–Crippen LogP) is 5.85. The lowest BCUT2D eigenvalue weighted by Crippen LogP contribution is -2.41. The molecule has 1 aliphatic rings. The molecule has 2 heterocycles. The van der Waals surface area contributed by atoms with E-state index in [1.54, 1.807) is 4.90 Å². The number of carboxylic acid groups (broad SMARTS) is 1. The fourth-order valence-electron chi connectivity index (χ4n) is 5.08. The van der Waals surface area contributed by atoms with Crippen LogP contribution < -0.4 is 4.80 Å². The Hall–Kier alpha value is -3.96. The van der Waals surface area contributed by atoms with Gasteiger partial charge in [0.1, 0.15) is 10.5 Å². The molecule has 0 spiro atoms. The molecule has 1 saturated heterocycles. The number of benzene rings is 3. The first-order valence-corrected chi connectivity index (χ1v) is 15.9. The van der Waals surface area contributed by atoms with E-state index in [-0.39, 0.29) is 27.3 Å². The number of carbonyl (C=O) groups excluding carboxylic acids is 1. The van der Waals surface area contributed by atoms with Crippen molar-refractivity contribution < 1.29 is 27.9 Å². The molecule has 42 heavy (non-hydrogen) atoms. The van der Waals surface area contributed by atoms with Gasteiger partial charge in [-0.15, -0.1) is 15.7 Å². The van der Waals surface area contributed by atoms with E-state index in [9.17, 15) is 23.1 Å². The van der Waals surface area contributed by atoms with E-state index in [1.165, 1.54) is 35.6 Å². The molecule has 220 valence electrons. The topological polar surface area (TPSA) is 118 Å². The van der Waals surface area contributed by atoms with Gasteiger partial charge in [-0.3, -0.25) is 0 Å². The average Bonchev–Trinajstić information content (AvgIpc) is 3.33. The molecule has 4 aromatic rings. The number of fused-ring (bicyclic) bond motifs is 1. The monoisotopic (exact) mass is 607 g/mol. The number of piperidine rings is 1. The van der Waals surface area contributed by atoms with E-state index in [1.807, 2.05) is 74.0 Å². The highest BCUT2D eigenvalue weighted by Crippen LogP contribution is 2.31. The molecule has 11 heteroatoms. The zero-order valence-corrected chi connectivity index (χ0v) is 25.3. The Morgan fingerprint density at radius 2 is 1.67 bits per heavy atom. The number of thiazole rings is 1. The van der Waals surface area contributed by atoms with Gasteiger partial charge in [-0.05, 0) is 68.0 Å². The minimum atomic E-state index is -4.34. The molecule has 0 bridgehead atoms. The van der Waals surface area contributed by atoms with Crippen LogP contribution in [0.3, 0.4) is 0 Å². The summed E-state index contributed by atoms with van der Waals surface area (Å²) < 4.78 is 38.5. The molecule has 0 saturated carbocycles. The molecule has 0 atom stereocenters. The Kier molecular flexibility index (Phi) is 8.25. The first kappa shape index (κ1) is 29.5. The van der Waals surface area contributed by atoms with Gasteiger partial charge >= 0.3 is 12.1 Å². The molecule has 1 N–H and O–H groups in total. The van der Waals surface area contributed by atoms with Crippen molar-refractivity contribution >= 4 is 44.2 Å². The Labute approximate surface area is 248 Å². The Morgan fingerprint density at radius 3 is 2.38 bits per heavy atom. The number of carboxylic acids is 1. The van der Waals surface area contributed by atoms with Crippen molar-refractivity contribution in [1.29, 1.82) is 0 Å². The van der Waals surface area contributed by atoms with E-state index < -0.39 is 21.6 Å². The second-order valence-electron chi connectivity index (χ2n) is 11.3. The van der Waals surface area contributed by atoms with Crippen LogP contribution in [-0.2, 0) is 21.3 Å². The highest BCUT2D eigenvalue weighted by molar-refractivity contribution is 7.90. The molecule has 1 aliphatic heterocycles. The Morgan fingerprint density at radius 1 is 1.00 bits per heavy atom. The van der Waals surface area contributed by atoms with Gasteiger partial charge in [-0.2, -0.15) is 8.42 Å². The number of aromatic carboxylic acids is 1. The average molecular weight is 608 g/mol. The molecular weight excluding hydrogens is 574 g/mol. The van der Waals surface area contributed by atoms with Crippen LogP contribution >= 0.6 is 11.3 Å². The van der Waals surface area contributed by atoms with Crippen LogP contribution in [0.2, 0.25) is 0 Å². The van der Waals surface area contributed by atoms with Crippen LogP contribution in [0, 0.1) is 0 Å². The Balaban J connectivity index is 1.52. The first-order valence-electron chi connectivity index (χ1n) is 13.7. The number of sulfonamides is 1. The van der Waals surface area contributed by atoms with Gasteiger partial charge in [0, 0.05) is 24.2 Å². The molecule has 1 fully saturated rings. The van der Waals surface area contributed by atoms with E-state index in [0.29, 0.717) is 32.5 Å². The summed E-state index contributed by atoms with van der Waals surface area (Å²) in [6.07, 6.45) is 3.00. The maximum Gasteiger partial charge on any atom is 0.410 e. The summed E-state index contributed by atoms with van der Waals surface area (Å²) in [6, 6.07) is 19.5. The SMILES string of the molecule is CC(C)(C)OC(=O)N1CCC(c2cn(Cc3cccc4ccccc34)c(=NS(=O)(=O)c3ccccc3C(=O)O)s2)CC1. The summed E-state index contributed by atoms with van der Waals surface area (Å²) in [7, 11) is -4.34. The minimum Gasteiger partial charge on any atom is -0.478 e. The third-order valence-corrected chi connectivity index (χ3v) is 9.72. The second-order valence-corrected chi connectivity index (χ2v) is 13.9. The van der Waals surface area contributed by atoms with Crippen LogP contribution in [0.15, 0.2) is 82.2 Å². The summed E-state index contributed by atoms with van der Waals surface area (Å²) >= 11 is 1.28. The summed E-state index contributed by atoms with van der Waals surface area (Å²) in [6.45, 7) is 6.95. The minimum absolute atomic E-state index is 0.102. The fraction of sp³-hybridized carbons (Fsp3) is 0.323. The van der Waals surface area contributed by atoms with E-state index in [2.05, 4.69) is 4.40 Å². The molecule has 9 nitrogen and oxygen atoms in total. The van der Waals surface area contributed by atoms with Crippen molar-refractivity contribution in [1.82, 2.24) is 9.47 Å². The summed E-state index contributed by atoms with van der Waals surface area (Å²) in [5.74, 6) is -1.23. The molecule has 1 aromatic heterocycles. The summed E-state index contributed by atoms with van der Waals surface area (Å²) in [4.78, 5) is 26.9. The molecule has 0 unspecified atom stereocenters. The van der Waals surface area contributed by atoms with Crippen LogP contribution in [0.1, 0.15) is 60.3 Å². The van der Waals surface area contributed by atoms with E-state index in [4.69, 9.17) is 4.74 Å². The maximum atomic E-state index is 13.5. The van der Waals surface area contributed by atoms with Gasteiger partial charge in [0.15, 0.2) is 0 Å². The van der Waals surface area contributed by atoms with Gasteiger partial charge in [-0.1, -0.05) is 54.6 Å². The van der Waals surface area contributed by atoms with Crippen LogP contribution in [0.25, 0.3) is 10.8 Å². The molecule has 0 aliphatic carbocycles. The first-order chi connectivity index (χ1) is 19.9. The smallest absolute Gasteiger partial charge is 0.410 e. The van der Waals surface area contributed by atoms with Crippen molar-refractivity contribution in [2.45, 2.75) is 56.6 Å². The Bertz CT molecular complexity index is 1800. The van der Waals surface area contributed by atoms with Gasteiger partial charge in [-0.25, -0.2) is 9.59 Å². The largest absolute Gasteiger partial charge is 0.478 e. The van der Waals surface area contributed by atoms with Crippen molar-refractivity contribution in [2.75, 3.05) is 13.1 Å². The highest BCUT2D eigenvalue weighted by atomic mass is 32.2. The number of rotatable bonds is 6. The number of nitrogens with zero attached hydrogens (tertiary/aromatic N) is 3. The normalized spacial score (nSPS) is 15.2. The van der Waals surface area contributed by atoms with Crippen molar-refractivity contribution in [2.24, 2.45) is 4.40 Å². The molecular formula is C31H33N3O6S2. The lowest BCUT2D eigenvalue weighted by molar-refractivity contribution is 0.0205. The van der Waals surface area contributed by atoms with E-state index >= 15 is 0 Å². The predicted molar refractivity (Wildman–Crippen MR) is 161 cm³/mol. The lowest BCUT2D eigenvalue weighted by Gasteiger charge is -2.33. The number of hydrogen-bond acceptors (Lipinski definition) is 6. The molecule has 0 radical (unpaired) electrons. The lowest BCUT2D eigenvalue weighted by atomic mass is 9.96. The quantitative estimate of drug-likeness (QED) is 0.294. The van der Waals surface area contributed by atoms with Gasteiger partial charge < -0.3 is 19.3 Å². The van der Waals surface area contributed by atoms with Gasteiger partial charge in [0.05, 0.1) is 12.1 Å². The van der Waals surface area contributed by atoms with Crippen LogP contribution in [-0.4, -0.2) is 53.7 Å². The number of ether oxygens (including phenoxy) is 1.